The van der Waals surface area contributed by atoms with Crippen molar-refractivity contribution in [3.8, 4) is 5.75 Å². The zero-order valence-electron chi connectivity index (χ0n) is 10.3. The number of benzene rings is 1. The van der Waals surface area contributed by atoms with Crippen LogP contribution in [0.1, 0.15) is 5.56 Å². The van der Waals surface area contributed by atoms with Crippen LogP contribution in [0.3, 0.4) is 0 Å². The molecule has 0 aliphatic carbocycles. The summed E-state index contributed by atoms with van der Waals surface area (Å²) in [6.07, 6.45) is -0.200. The quantitative estimate of drug-likeness (QED) is 0.350. The molecule has 6 heteroatoms. The van der Waals surface area contributed by atoms with E-state index in [1.807, 2.05) is 17.6 Å². The molecule has 0 saturated heterocycles. The molecule has 1 aromatic carbocycles. The summed E-state index contributed by atoms with van der Waals surface area (Å²) in [4.78, 5) is 11.4. The number of ether oxygens (including phenoxy) is 2. The van der Waals surface area contributed by atoms with E-state index in [1.54, 1.807) is 12.1 Å². The highest BCUT2D eigenvalue weighted by Gasteiger charge is 2.19. The highest BCUT2D eigenvalue weighted by Crippen LogP contribution is 2.14. The Balaban J connectivity index is 2.65. The lowest BCUT2D eigenvalue weighted by Gasteiger charge is -2.16. The number of aliphatic hydroxyl groups is 1. The molecule has 1 amide bonds. The molecule has 0 aromatic heterocycles. The first-order valence-electron chi connectivity index (χ1n) is 5.57. The van der Waals surface area contributed by atoms with Crippen molar-refractivity contribution in [2.24, 2.45) is 5.84 Å². The number of hydrazine groups is 1. The molecule has 0 fully saturated rings. The Morgan fingerprint density at radius 3 is 2.61 bits per heavy atom. The van der Waals surface area contributed by atoms with Gasteiger partial charge >= 0.3 is 0 Å². The van der Waals surface area contributed by atoms with Gasteiger partial charge in [-0.05, 0) is 24.1 Å². The minimum Gasteiger partial charge on any atom is -0.478 e. The lowest BCUT2D eigenvalue weighted by molar-refractivity contribution is -0.130. The Labute approximate surface area is 106 Å². The van der Waals surface area contributed by atoms with Gasteiger partial charge in [0.25, 0.3) is 5.91 Å². The second-order valence-corrected chi connectivity index (χ2v) is 3.69. The van der Waals surface area contributed by atoms with Crippen LogP contribution in [0.15, 0.2) is 24.3 Å². The van der Waals surface area contributed by atoms with E-state index in [4.69, 9.17) is 20.4 Å². The maximum Gasteiger partial charge on any atom is 0.277 e. The molecule has 0 saturated carbocycles. The second-order valence-electron chi connectivity index (χ2n) is 3.69. The Bertz CT molecular complexity index is 367. The number of amides is 1. The molecule has 1 unspecified atom stereocenters. The summed E-state index contributed by atoms with van der Waals surface area (Å²) in [6, 6.07) is 7.13. The van der Waals surface area contributed by atoms with Gasteiger partial charge in [0.05, 0.1) is 6.61 Å². The zero-order chi connectivity index (χ0) is 13.4. The molecular weight excluding hydrogens is 236 g/mol. The van der Waals surface area contributed by atoms with Crippen molar-refractivity contribution >= 4 is 5.91 Å². The van der Waals surface area contributed by atoms with Crippen molar-refractivity contribution in [1.29, 1.82) is 0 Å². The number of carbonyl (C=O) groups excluding carboxylic acids is 1. The summed E-state index contributed by atoms with van der Waals surface area (Å²) in [6.45, 7) is 0.212. The number of nitrogens with two attached hydrogens (primary N) is 1. The predicted molar refractivity (Wildman–Crippen MR) is 65.9 cm³/mol. The number of carbonyl (C=O) groups is 1. The average Bonchev–Trinajstić information content (AvgIpc) is 2.40. The molecule has 4 N–H and O–H groups in total. The van der Waals surface area contributed by atoms with Gasteiger partial charge in [-0.1, -0.05) is 12.1 Å². The number of rotatable bonds is 7. The first-order valence-corrected chi connectivity index (χ1v) is 5.57. The topological polar surface area (TPSA) is 93.8 Å². The van der Waals surface area contributed by atoms with E-state index in [0.717, 1.165) is 5.56 Å². The van der Waals surface area contributed by atoms with Crippen molar-refractivity contribution in [3.63, 3.8) is 0 Å². The van der Waals surface area contributed by atoms with Crippen molar-refractivity contribution in [2.75, 3.05) is 20.3 Å². The van der Waals surface area contributed by atoms with E-state index in [0.29, 0.717) is 12.2 Å². The fourth-order valence-electron chi connectivity index (χ4n) is 1.44. The van der Waals surface area contributed by atoms with Crippen LogP contribution in [0.4, 0.5) is 0 Å². The SMILES string of the molecule is COCC(Oc1ccc(CCO)cc1)C(=O)NN. The normalized spacial score (nSPS) is 11.9. The van der Waals surface area contributed by atoms with Gasteiger partial charge in [-0.2, -0.15) is 0 Å². The number of hydrogen-bond donors (Lipinski definition) is 3. The molecule has 0 heterocycles. The molecular formula is C12H18N2O4. The Kier molecular flexibility index (Phi) is 6.13. The molecule has 0 bridgehead atoms. The lowest BCUT2D eigenvalue weighted by Crippen LogP contribution is -2.44. The van der Waals surface area contributed by atoms with Crippen LogP contribution >= 0.6 is 0 Å². The minimum atomic E-state index is -0.788. The van der Waals surface area contributed by atoms with Gasteiger partial charge in [-0.15, -0.1) is 0 Å². The number of hydrogen-bond acceptors (Lipinski definition) is 5. The smallest absolute Gasteiger partial charge is 0.277 e. The fraction of sp³-hybridized carbons (Fsp3) is 0.417. The van der Waals surface area contributed by atoms with Crippen LogP contribution in [0.25, 0.3) is 0 Å². The summed E-state index contributed by atoms with van der Waals surface area (Å²) < 4.78 is 10.3. The summed E-state index contributed by atoms with van der Waals surface area (Å²) in [7, 11) is 1.48. The van der Waals surface area contributed by atoms with Gasteiger partial charge in [0.1, 0.15) is 5.75 Å². The summed E-state index contributed by atoms with van der Waals surface area (Å²) in [5.41, 5.74) is 3.02. The summed E-state index contributed by atoms with van der Waals surface area (Å²) in [5.74, 6) is 5.15. The Morgan fingerprint density at radius 1 is 1.44 bits per heavy atom. The molecule has 1 atom stereocenters. The third-order valence-corrected chi connectivity index (χ3v) is 2.35. The minimum absolute atomic E-state index is 0.0993. The monoisotopic (exact) mass is 254 g/mol. The van der Waals surface area contributed by atoms with Crippen LogP contribution < -0.4 is 16.0 Å². The number of aliphatic hydroxyl groups excluding tert-OH is 1. The van der Waals surface area contributed by atoms with E-state index in [9.17, 15) is 4.79 Å². The van der Waals surface area contributed by atoms with Crippen molar-refractivity contribution in [2.45, 2.75) is 12.5 Å². The molecule has 0 aliphatic rings. The Morgan fingerprint density at radius 2 is 2.11 bits per heavy atom. The van der Waals surface area contributed by atoms with E-state index in [2.05, 4.69) is 0 Å². The molecule has 0 aliphatic heterocycles. The number of methoxy groups -OCH3 is 1. The predicted octanol–water partition coefficient (Wildman–Crippen LogP) is -0.395. The third kappa shape index (κ3) is 4.33. The van der Waals surface area contributed by atoms with E-state index in [1.165, 1.54) is 7.11 Å². The average molecular weight is 254 g/mol. The van der Waals surface area contributed by atoms with Crippen LogP contribution in [-0.4, -0.2) is 37.4 Å². The van der Waals surface area contributed by atoms with Crippen LogP contribution in [0.2, 0.25) is 0 Å². The van der Waals surface area contributed by atoms with Crippen LogP contribution in [0, 0.1) is 0 Å². The van der Waals surface area contributed by atoms with E-state index < -0.39 is 12.0 Å². The maximum absolute atomic E-state index is 11.4. The van der Waals surface area contributed by atoms with Gasteiger partial charge in [0.15, 0.2) is 0 Å². The van der Waals surface area contributed by atoms with E-state index >= 15 is 0 Å². The Hall–Kier alpha value is -1.63. The molecule has 0 radical (unpaired) electrons. The van der Waals surface area contributed by atoms with Crippen LogP contribution in [-0.2, 0) is 16.0 Å². The summed E-state index contributed by atoms with van der Waals surface area (Å²) >= 11 is 0. The van der Waals surface area contributed by atoms with Crippen molar-refractivity contribution < 1.29 is 19.4 Å². The molecule has 0 spiro atoms. The molecule has 1 aromatic rings. The highest BCUT2D eigenvalue weighted by molar-refractivity contribution is 5.80. The fourth-order valence-corrected chi connectivity index (χ4v) is 1.44. The van der Waals surface area contributed by atoms with Gasteiger partial charge in [-0.3, -0.25) is 10.2 Å². The molecule has 18 heavy (non-hydrogen) atoms. The summed E-state index contributed by atoms with van der Waals surface area (Å²) in [5, 5.41) is 8.79. The first kappa shape index (κ1) is 14.4. The van der Waals surface area contributed by atoms with E-state index in [-0.39, 0.29) is 13.2 Å². The molecule has 6 nitrogen and oxygen atoms in total. The van der Waals surface area contributed by atoms with Crippen LogP contribution in [0.5, 0.6) is 5.75 Å². The van der Waals surface area contributed by atoms with Gasteiger partial charge < -0.3 is 14.6 Å². The molecule has 1 rings (SSSR count). The number of nitrogens with one attached hydrogen (secondary N) is 1. The largest absolute Gasteiger partial charge is 0.478 e. The maximum atomic E-state index is 11.4. The van der Waals surface area contributed by atoms with Crippen molar-refractivity contribution in [1.82, 2.24) is 5.43 Å². The molecule has 100 valence electrons. The second kappa shape index (κ2) is 7.65. The highest BCUT2D eigenvalue weighted by atomic mass is 16.5. The third-order valence-electron chi connectivity index (χ3n) is 2.35. The lowest BCUT2D eigenvalue weighted by atomic mass is 10.1. The standard InChI is InChI=1S/C12H18N2O4/c1-17-8-11(12(16)14-13)18-10-4-2-9(3-5-10)6-7-15/h2-5,11,15H,6-8,13H2,1H3,(H,14,16). The van der Waals surface area contributed by atoms with Gasteiger partial charge in [0, 0.05) is 13.7 Å². The first-order chi connectivity index (χ1) is 8.71. The van der Waals surface area contributed by atoms with Crippen molar-refractivity contribution in [3.05, 3.63) is 29.8 Å². The van der Waals surface area contributed by atoms with Gasteiger partial charge in [-0.25, -0.2) is 5.84 Å². The van der Waals surface area contributed by atoms with Gasteiger partial charge in [0.2, 0.25) is 6.10 Å². The zero-order valence-corrected chi connectivity index (χ0v) is 10.3.